The molecule has 0 saturated heterocycles. The molecule has 1 N–H and O–H groups in total. The first-order valence-corrected chi connectivity index (χ1v) is 9.19. The number of amides is 1. The van der Waals surface area contributed by atoms with Crippen molar-refractivity contribution in [1.29, 1.82) is 0 Å². The van der Waals surface area contributed by atoms with Crippen LogP contribution in [-0.4, -0.2) is 25.9 Å². The average molecular weight is 422 g/mol. The third-order valence-corrected chi connectivity index (χ3v) is 5.07. The largest absolute Gasteiger partial charge is 0.305 e. The van der Waals surface area contributed by atoms with E-state index in [2.05, 4.69) is 36.5 Å². The summed E-state index contributed by atoms with van der Waals surface area (Å²) in [5.74, 6) is 0.129. The molecule has 4 aromatic rings. The summed E-state index contributed by atoms with van der Waals surface area (Å²) in [5, 5.41) is 12.0. The normalized spacial score (nSPS) is 10.9. The fraction of sp³-hybridized carbons (Fsp3) is 0.100. The van der Waals surface area contributed by atoms with Crippen molar-refractivity contribution in [2.24, 2.45) is 0 Å². The molecule has 134 valence electrons. The maximum Gasteiger partial charge on any atom is 0.279 e. The molecule has 0 atom stereocenters. The molecule has 0 bridgehead atoms. The van der Waals surface area contributed by atoms with Gasteiger partial charge in [0.15, 0.2) is 5.69 Å². The van der Waals surface area contributed by atoms with Crippen LogP contribution in [0.25, 0.3) is 16.6 Å². The highest BCUT2D eigenvalue weighted by molar-refractivity contribution is 9.10. The van der Waals surface area contributed by atoms with Crippen LogP contribution in [0, 0.1) is 13.8 Å². The number of rotatable bonds is 3. The molecule has 0 aliphatic heterocycles. The predicted molar refractivity (Wildman–Crippen MR) is 108 cm³/mol. The van der Waals surface area contributed by atoms with Crippen LogP contribution in [0.5, 0.6) is 0 Å². The van der Waals surface area contributed by atoms with E-state index in [9.17, 15) is 4.79 Å². The second kappa shape index (κ2) is 6.92. The number of hydrogen-bond acceptors (Lipinski definition) is 4. The first-order valence-electron chi connectivity index (χ1n) is 8.39. The van der Waals surface area contributed by atoms with Crippen LogP contribution in [0.2, 0.25) is 0 Å². The van der Waals surface area contributed by atoms with Gasteiger partial charge in [0.05, 0.1) is 16.9 Å². The minimum Gasteiger partial charge on any atom is -0.305 e. The summed E-state index contributed by atoms with van der Waals surface area (Å²) < 4.78 is 2.64. The van der Waals surface area contributed by atoms with E-state index in [4.69, 9.17) is 0 Å². The van der Waals surface area contributed by atoms with Gasteiger partial charge in [-0.3, -0.25) is 4.79 Å². The number of pyridine rings is 1. The summed E-state index contributed by atoms with van der Waals surface area (Å²) >= 11 is 3.50. The fourth-order valence-corrected chi connectivity index (χ4v) is 3.42. The van der Waals surface area contributed by atoms with Gasteiger partial charge in [-0.25, -0.2) is 9.67 Å². The van der Waals surface area contributed by atoms with Gasteiger partial charge in [-0.1, -0.05) is 45.4 Å². The van der Waals surface area contributed by atoms with Crippen molar-refractivity contribution < 1.29 is 4.79 Å². The lowest BCUT2D eigenvalue weighted by atomic mass is 10.2. The number of nitrogens with zero attached hydrogens (tertiary/aromatic N) is 4. The van der Waals surface area contributed by atoms with Gasteiger partial charge in [-0.15, -0.1) is 5.10 Å². The number of nitrogens with one attached hydrogen (secondary N) is 1. The number of anilines is 1. The van der Waals surface area contributed by atoms with Crippen LogP contribution in [0.4, 0.5) is 5.82 Å². The standard InChI is InChI=1S/C20H16BrN5O/c1-12-6-3-4-9-17(12)26-13(2)19(24-25-26)20(27)23-18-11-10-14-15(21)7-5-8-16(14)22-18/h3-11H,1-2H3,(H,22,23,27). The van der Waals surface area contributed by atoms with Crippen LogP contribution >= 0.6 is 15.9 Å². The molecular weight excluding hydrogens is 406 g/mol. The van der Waals surface area contributed by atoms with Crippen molar-refractivity contribution in [3.8, 4) is 5.69 Å². The molecule has 1 amide bonds. The smallest absolute Gasteiger partial charge is 0.279 e. The number of aromatic nitrogens is 4. The molecule has 0 saturated carbocycles. The quantitative estimate of drug-likeness (QED) is 0.530. The Labute approximate surface area is 164 Å². The average Bonchev–Trinajstić information content (AvgIpc) is 3.04. The molecule has 6 nitrogen and oxygen atoms in total. The molecule has 7 heteroatoms. The van der Waals surface area contributed by atoms with Crippen LogP contribution in [0.1, 0.15) is 21.7 Å². The zero-order valence-electron chi connectivity index (χ0n) is 14.8. The van der Waals surface area contributed by atoms with Crippen molar-refractivity contribution in [3.63, 3.8) is 0 Å². The van der Waals surface area contributed by atoms with E-state index in [1.807, 2.05) is 62.4 Å². The summed E-state index contributed by atoms with van der Waals surface area (Å²) in [6.07, 6.45) is 0. The number of halogens is 1. The molecule has 0 aliphatic rings. The highest BCUT2D eigenvalue weighted by Gasteiger charge is 2.18. The number of benzene rings is 2. The Morgan fingerprint density at radius 3 is 2.67 bits per heavy atom. The molecule has 27 heavy (non-hydrogen) atoms. The van der Waals surface area contributed by atoms with Crippen LogP contribution in [0.15, 0.2) is 59.1 Å². The van der Waals surface area contributed by atoms with Gasteiger partial charge in [0.2, 0.25) is 0 Å². The highest BCUT2D eigenvalue weighted by Crippen LogP contribution is 2.24. The highest BCUT2D eigenvalue weighted by atomic mass is 79.9. The van der Waals surface area contributed by atoms with Crippen LogP contribution in [0.3, 0.4) is 0 Å². The number of carbonyl (C=O) groups is 1. The summed E-state index contributed by atoms with van der Waals surface area (Å²) in [7, 11) is 0. The second-order valence-electron chi connectivity index (χ2n) is 6.18. The zero-order valence-corrected chi connectivity index (χ0v) is 16.4. The van der Waals surface area contributed by atoms with E-state index < -0.39 is 0 Å². The molecule has 0 spiro atoms. The lowest BCUT2D eigenvalue weighted by molar-refractivity contribution is 0.102. The molecule has 4 rings (SSSR count). The van der Waals surface area contributed by atoms with E-state index in [0.717, 1.165) is 26.6 Å². The van der Waals surface area contributed by atoms with E-state index in [-0.39, 0.29) is 11.6 Å². The zero-order chi connectivity index (χ0) is 19.0. The third kappa shape index (κ3) is 3.21. The van der Waals surface area contributed by atoms with Crippen molar-refractivity contribution in [1.82, 2.24) is 20.0 Å². The molecule has 2 aromatic heterocycles. The number of para-hydroxylation sites is 1. The topological polar surface area (TPSA) is 72.7 Å². The molecule has 0 fully saturated rings. The lowest BCUT2D eigenvalue weighted by Gasteiger charge is -2.07. The number of carbonyl (C=O) groups excluding carboxylic acids is 1. The molecule has 2 aromatic carbocycles. The van der Waals surface area contributed by atoms with Gasteiger partial charge >= 0.3 is 0 Å². The SMILES string of the molecule is Cc1ccccc1-n1nnc(C(=O)Nc2ccc3c(Br)cccc3n2)c1C. The Morgan fingerprint density at radius 2 is 1.85 bits per heavy atom. The van der Waals surface area contributed by atoms with Crippen molar-refractivity contribution in [2.45, 2.75) is 13.8 Å². The van der Waals surface area contributed by atoms with Crippen LogP contribution < -0.4 is 5.32 Å². The van der Waals surface area contributed by atoms with E-state index in [1.54, 1.807) is 10.7 Å². The van der Waals surface area contributed by atoms with Gasteiger partial charge < -0.3 is 5.32 Å². The summed E-state index contributed by atoms with van der Waals surface area (Å²) in [6.45, 7) is 3.82. The molecule has 2 heterocycles. The monoisotopic (exact) mass is 421 g/mol. The Kier molecular flexibility index (Phi) is 4.45. The summed E-state index contributed by atoms with van der Waals surface area (Å²) in [6, 6.07) is 17.3. The van der Waals surface area contributed by atoms with E-state index >= 15 is 0 Å². The fourth-order valence-electron chi connectivity index (χ4n) is 2.93. The van der Waals surface area contributed by atoms with Crippen molar-refractivity contribution >= 4 is 38.6 Å². The number of aryl methyl sites for hydroxylation is 1. The third-order valence-electron chi connectivity index (χ3n) is 4.37. The summed E-state index contributed by atoms with van der Waals surface area (Å²) in [5.41, 5.74) is 3.69. The first kappa shape index (κ1) is 17.4. The van der Waals surface area contributed by atoms with Gasteiger partial charge in [0, 0.05) is 9.86 Å². The van der Waals surface area contributed by atoms with Crippen molar-refractivity contribution in [3.05, 3.63) is 76.0 Å². The maximum absolute atomic E-state index is 12.7. The lowest BCUT2D eigenvalue weighted by Crippen LogP contribution is -2.15. The van der Waals surface area contributed by atoms with Crippen LogP contribution in [-0.2, 0) is 0 Å². The van der Waals surface area contributed by atoms with Gasteiger partial charge in [0.1, 0.15) is 5.82 Å². The Morgan fingerprint density at radius 1 is 1.04 bits per heavy atom. The van der Waals surface area contributed by atoms with Gasteiger partial charge in [-0.2, -0.15) is 0 Å². The second-order valence-corrected chi connectivity index (χ2v) is 7.03. The first-order chi connectivity index (χ1) is 13.0. The number of fused-ring (bicyclic) bond motifs is 1. The number of hydrogen-bond donors (Lipinski definition) is 1. The Hall–Kier alpha value is -3.06. The molecule has 0 aliphatic carbocycles. The minimum atomic E-state index is -0.339. The van der Waals surface area contributed by atoms with E-state index in [0.29, 0.717) is 11.5 Å². The van der Waals surface area contributed by atoms with Gasteiger partial charge in [-0.05, 0) is 49.7 Å². The molecular formula is C20H16BrN5O. The predicted octanol–water partition coefficient (Wildman–Crippen LogP) is 4.45. The van der Waals surface area contributed by atoms with Gasteiger partial charge in [0.25, 0.3) is 5.91 Å². The summed E-state index contributed by atoms with van der Waals surface area (Å²) in [4.78, 5) is 17.2. The maximum atomic E-state index is 12.7. The minimum absolute atomic E-state index is 0.273. The molecule has 0 unspecified atom stereocenters. The Balaban J connectivity index is 1.64. The van der Waals surface area contributed by atoms with Crippen molar-refractivity contribution in [2.75, 3.05) is 5.32 Å². The van der Waals surface area contributed by atoms with E-state index in [1.165, 1.54) is 0 Å². The Bertz CT molecular complexity index is 1170. The molecule has 0 radical (unpaired) electrons.